The Bertz CT molecular complexity index is 80.4. The first-order valence-corrected chi connectivity index (χ1v) is 2.47. The molecule has 0 bridgehead atoms. The van der Waals surface area contributed by atoms with Gasteiger partial charge in [0.25, 0.3) is 0 Å². The van der Waals surface area contributed by atoms with Crippen LogP contribution in [0.4, 0.5) is 0 Å². The van der Waals surface area contributed by atoms with Crippen LogP contribution < -0.4 is 0 Å². The zero-order valence-electron chi connectivity index (χ0n) is 4.17. The van der Waals surface area contributed by atoms with E-state index in [-0.39, 0.29) is 0 Å². The monoisotopic (exact) mass is 94.1 g/mol. The van der Waals surface area contributed by atoms with Gasteiger partial charge in [0.05, 0.1) is 6.54 Å². The summed E-state index contributed by atoms with van der Waals surface area (Å²) in [5.41, 5.74) is 0. The van der Waals surface area contributed by atoms with Crippen LogP contribution in [0.2, 0.25) is 0 Å². The molecular formula is C6H8N. The molecule has 37 valence electrons. The molecule has 0 aromatic rings. The van der Waals surface area contributed by atoms with Crippen LogP contribution >= 0.6 is 0 Å². The summed E-state index contributed by atoms with van der Waals surface area (Å²) >= 11 is 0. The largest absolute Gasteiger partial charge is 0.293 e. The third kappa shape index (κ3) is 1.53. The first-order valence-electron chi connectivity index (χ1n) is 2.47. The van der Waals surface area contributed by atoms with E-state index >= 15 is 0 Å². The molecule has 1 heteroatoms. The molecule has 1 aliphatic heterocycles. The van der Waals surface area contributed by atoms with E-state index in [1.807, 2.05) is 12.6 Å². The molecule has 1 heterocycles. The Morgan fingerprint density at radius 3 is 3.29 bits per heavy atom. The second-order valence-electron chi connectivity index (χ2n) is 1.46. The Hall–Kier alpha value is -0.590. The van der Waals surface area contributed by atoms with Crippen LogP contribution in [-0.4, -0.2) is 12.8 Å². The van der Waals surface area contributed by atoms with Crippen molar-refractivity contribution in [3.63, 3.8) is 0 Å². The van der Waals surface area contributed by atoms with E-state index in [9.17, 15) is 0 Å². The fourth-order valence-corrected chi connectivity index (χ4v) is 0.506. The predicted molar refractivity (Wildman–Crippen MR) is 31.4 cm³/mol. The van der Waals surface area contributed by atoms with E-state index < -0.39 is 0 Å². The number of rotatable bonds is 0. The quantitative estimate of drug-likeness (QED) is 0.400. The Balaban J connectivity index is 2.38. The molecule has 1 radical (unpaired) electrons. The second-order valence-corrected chi connectivity index (χ2v) is 1.46. The van der Waals surface area contributed by atoms with Crippen molar-refractivity contribution in [2.75, 3.05) is 6.54 Å². The van der Waals surface area contributed by atoms with Gasteiger partial charge in [0.2, 0.25) is 0 Å². The lowest BCUT2D eigenvalue weighted by Crippen LogP contribution is -1.70. The van der Waals surface area contributed by atoms with Gasteiger partial charge in [-0.3, -0.25) is 4.99 Å². The van der Waals surface area contributed by atoms with Crippen LogP contribution in [0, 0.1) is 6.42 Å². The number of aliphatic imine (C=N–C) groups is 1. The Morgan fingerprint density at radius 2 is 2.29 bits per heavy atom. The molecular weight excluding hydrogens is 86.1 g/mol. The van der Waals surface area contributed by atoms with Crippen LogP contribution in [-0.2, 0) is 0 Å². The van der Waals surface area contributed by atoms with Gasteiger partial charge in [0.15, 0.2) is 0 Å². The fourth-order valence-electron chi connectivity index (χ4n) is 0.506. The molecule has 0 saturated heterocycles. The van der Waals surface area contributed by atoms with Gasteiger partial charge in [-0.05, 0) is 6.42 Å². The molecule has 0 unspecified atom stereocenters. The molecule has 0 N–H and O–H groups in total. The van der Waals surface area contributed by atoms with Gasteiger partial charge in [-0.1, -0.05) is 12.2 Å². The fraction of sp³-hybridized carbons (Fsp3) is 0.333. The van der Waals surface area contributed by atoms with Crippen LogP contribution in [0.5, 0.6) is 0 Å². The minimum absolute atomic E-state index is 0.858. The minimum atomic E-state index is 0.858. The van der Waals surface area contributed by atoms with Crippen molar-refractivity contribution in [3.05, 3.63) is 18.6 Å². The lowest BCUT2D eigenvalue weighted by molar-refractivity contribution is 1.26. The highest BCUT2D eigenvalue weighted by Gasteiger charge is 1.80. The zero-order chi connectivity index (χ0) is 4.95. The second kappa shape index (κ2) is 2.56. The maximum Gasteiger partial charge on any atom is 0.0566 e. The average molecular weight is 94.1 g/mol. The van der Waals surface area contributed by atoms with Gasteiger partial charge >= 0.3 is 0 Å². The van der Waals surface area contributed by atoms with Gasteiger partial charge in [-0.2, -0.15) is 0 Å². The van der Waals surface area contributed by atoms with Crippen molar-refractivity contribution >= 4 is 6.21 Å². The molecule has 0 fully saturated rings. The van der Waals surface area contributed by atoms with E-state index in [2.05, 4.69) is 17.1 Å². The lowest BCUT2D eigenvalue weighted by Gasteiger charge is -1.74. The molecule has 1 rings (SSSR count). The van der Waals surface area contributed by atoms with E-state index in [0.29, 0.717) is 0 Å². The van der Waals surface area contributed by atoms with Crippen molar-refractivity contribution in [3.8, 4) is 0 Å². The van der Waals surface area contributed by atoms with Crippen molar-refractivity contribution in [2.45, 2.75) is 6.42 Å². The average Bonchev–Trinajstić information content (AvgIpc) is 1.90. The van der Waals surface area contributed by atoms with E-state index in [1.54, 1.807) is 0 Å². The van der Waals surface area contributed by atoms with Gasteiger partial charge in [-0.15, -0.1) is 0 Å². The third-order valence-corrected chi connectivity index (χ3v) is 0.860. The number of nitrogens with zero attached hydrogens (tertiary/aromatic N) is 1. The molecule has 0 aromatic carbocycles. The van der Waals surface area contributed by atoms with E-state index in [1.165, 1.54) is 0 Å². The van der Waals surface area contributed by atoms with E-state index in [0.717, 1.165) is 13.0 Å². The zero-order valence-corrected chi connectivity index (χ0v) is 4.17. The Labute approximate surface area is 43.8 Å². The summed E-state index contributed by atoms with van der Waals surface area (Å²) in [4.78, 5) is 4.00. The summed E-state index contributed by atoms with van der Waals surface area (Å²) in [7, 11) is 0. The minimum Gasteiger partial charge on any atom is -0.293 e. The van der Waals surface area contributed by atoms with Crippen LogP contribution in [0.25, 0.3) is 0 Å². The lowest BCUT2D eigenvalue weighted by atomic mass is 10.3. The highest BCUT2D eigenvalue weighted by molar-refractivity contribution is 5.68. The predicted octanol–water partition coefficient (Wildman–Crippen LogP) is 1.22. The van der Waals surface area contributed by atoms with Gasteiger partial charge < -0.3 is 0 Å². The summed E-state index contributed by atoms with van der Waals surface area (Å²) in [5.74, 6) is 0. The maximum atomic E-state index is 4.00. The highest BCUT2D eigenvalue weighted by atomic mass is 14.7. The number of hydrogen-bond acceptors (Lipinski definition) is 1. The third-order valence-electron chi connectivity index (χ3n) is 0.860. The van der Waals surface area contributed by atoms with Crippen LogP contribution in [0.3, 0.4) is 0 Å². The standard InChI is InChI=1S/C6H8N/c1-2-4-6-7-5-3-1/h1,3-4,6H,2,5H2. The van der Waals surface area contributed by atoms with Crippen LogP contribution in [0.15, 0.2) is 17.1 Å². The van der Waals surface area contributed by atoms with Crippen LogP contribution in [0.1, 0.15) is 6.42 Å². The summed E-state index contributed by atoms with van der Waals surface area (Å²) in [6, 6.07) is 0. The van der Waals surface area contributed by atoms with Crippen molar-refractivity contribution < 1.29 is 0 Å². The van der Waals surface area contributed by atoms with E-state index in [4.69, 9.17) is 0 Å². The summed E-state index contributed by atoms with van der Waals surface area (Å²) < 4.78 is 0. The topological polar surface area (TPSA) is 12.4 Å². The Kier molecular flexibility index (Phi) is 1.67. The highest BCUT2D eigenvalue weighted by Crippen LogP contribution is 1.90. The summed E-state index contributed by atoms with van der Waals surface area (Å²) in [5, 5.41) is 0. The van der Waals surface area contributed by atoms with Gasteiger partial charge in [0, 0.05) is 12.6 Å². The maximum absolute atomic E-state index is 4.00. The number of hydrogen-bond donors (Lipinski definition) is 0. The molecule has 0 amide bonds. The van der Waals surface area contributed by atoms with Crippen molar-refractivity contribution in [1.82, 2.24) is 0 Å². The molecule has 0 saturated carbocycles. The Morgan fingerprint density at radius 1 is 1.29 bits per heavy atom. The molecule has 0 aromatic heterocycles. The molecule has 1 nitrogen and oxygen atoms in total. The number of allylic oxidation sites excluding steroid dienone is 1. The first-order chi connectivity index (χ1) is 3.50. The SMILES string of the molecule is [CH]1C=NCC=CC1. The molecule has 0 aliphatic carbocycles. The first kappa shape index (κ1) is 4.57. The smallest absolute Gasteiger partial charge is 0.0566 e. The molecule has 1 aliphatic rings. The van der Waals surface area contributed by atoms with Gasteiger partial charge in [0.1, 0.15) is 0 Å². The summed E-state index contributed by atoms with van der Waals surface area (Å²) in [6.45, 7) is 0.858. The van der Waals surface area contributed by atoms with Crippen molar-refractivity contribution in [2.24, 2.45) is 4.99 Å². The molecule has 7 heavy (non-hydrogen) atoms. The molecule has 0 spiro atoms. The summed E-state index contributed by atoms with van der Waals surface area (Å²) in [6.07, 6.45) is 9.14. The van der Waals surface area contributed by atoms with Gasteiger partial charge in [-0.25, -0.2) is 0 Å². The molecule has 0 atom stereocenters. The normalized spacial score (nSPS) is 19.4. The van der Waals surface area contributed by atoms with Crippen molar-refractivity contribution in [1.29, 1.82) is 0 Å².